The Balaban J connectivity index is 2.37. The number of hydrogen-bond acceptors (Lipinski definition) is 3. The molecule has 1 amide bonds. The van der Waals surface area contributed by atoms with Gasteiger partial charge in [0.05, 0.1) is 11.1 Å². The quantitative estimate of drug-likeness (QED) is 0.761. The zero-order valence-corrected chi connectivity index (χ0v) is 9.92. The van der Waals surface area contributed by atoms with Crippen molar-refractivity contribution in [2.24, 2.45) is 5.41 Å². The molecule has 0 fully saturated rings. The largest absolute Gasteiger partial charge is 0.367 e. The number of aromatic nitrogens is 1. The molecule has 1 aromatic heterocycles. The van der Waals surface area contributed by atoms with Gasteiger partial charge in [0.1, 0.15) is 5.82 Å². The Labute approximate surface area is 95.5 Å². The number of rotatable bonds is 1. The van der Waals surface area contributed by atoms with Crippen molar-refractivity contribution in [3.63, 3.8) is 0 Å². The number of anilines is 2. The summed E-state index contributed by atoms with van der Waals surface area (Å²) in [6, 6.07) is 3.79. The van der Waals surface area contributed by atoms with Crippen molar-refractivity contribution in [2.45, 2.75) is 27.2 Å². The minimum atomic E-state index is -0.366. The fraction of sp³-hybridized carbons (Fsp3) is 0.500. The molecule has 4 heteroatoms. The summed E-state index contributed by atoms with van der Waals surface area (Å²) in [6.07, 6.45) is 0.804. The first-order chi connectivity index (χ1) is 7.55. The summed E-state index contributed by atoms with van der Waals surface area (Å²) in [7, 11) is 0. The molecule has 2 N–H and O–H groups in total. The Hall–Kier alpha value is -1.58. The van der Waals surface area contributed by atoms with E-state index in [9.17, 15) is 4.79 Å². The second kappa shape index (κ2) is 3.77. The van der Waals surface area contributed by atoms with Crippen molar-refractivity contribution in [1.82, 2.24) is 4.98 Å². The zero-order valence-electron chi connectivity index (χ0n) is 9.92. The molecule has 0 saturated heterocycles. The molecule has 2 rings (SSSR count). The number of aryl methyl sites for hydroxylation is 1. The van der Waals surface area contributed by atoms with Crippen LogP contribution in [0.25, 0.3) is 0 Å². The van der Waals surface area contributed by atoms with Crippen LogP contribution >= 0.6 is 0 Å². The maximum atomic E-state index is 12.0. The average molecular weight is 219 g/mol. The topological polar surface area (TPSA) is 54.0 Å². The van der Waals surface area contributed by atoms with Crippen LogP contribution in [0.5, 0.6) is 0 Å². The SMILES string of the molecule is CCC1(C)CNc2nc(C)ccc2NC1=O. The molecule has 2 heterocycles. The van der Waals surface area contributed by atoms with Crippen LogP contribution in [-0.4, -0.2) is 17.4 Å². The van der Waals surface area contributed by atoms with Crippen LogP contribution in [0.1, 0.15) is 26.0 Å². The molecule has 0 radical (unpaired) electrons. The lowest BCUT2D eigenvalue weighted by Crippen LogP contribution is -2.36. The van der Waals surface area contributed by atoms with Crippen molar-refractivity contribution >= 4 is 17.4 Å². The average Bonchev–Trinajstić information content (AvgIpc) is 2.39. The highest BCUT2D eigenvalue weighted by atomic mass is 16.2. The lowest BCUT2D eigenvalue weighted by atomic mass is 9.87. The van der Waals surface area contributed by atoms with Crippen molar-refractivity contribution in [3.05, 3.63) is 17.8 Å². The first-order valence-corrected chi connectivity index (χ1v) is 5.58. The van der Waals surface area contributed by atoms with Gasteiger partial charge in [-0.05, 0) is 32.4 Å². The molecule has 0 spiro atoms. The Morgan fingerprint density at radius 3 is 2.94 bits per heavy atom. The van der Waals surface area contributed by atoms with E-state index in [0.29, 0.717) is 6.54 Å². The summed E-state index contributed by atoms with van der Waals surface area (Å²) in [5.74, 6) is 0.831. The molecule has 0 bridgehead atoms. The number of pyridine rings is 1. The van der Waals surface area contributed by atoms with E-state index in [-0.39, 0.29) is 11.3 Å². The normalized spacial score (nSPS) is 24.1. The van der Waals surface area contributed by atoms with Gasteiger partial charge in [-0.15, -0.1) is 0 Å². The van der Waals surface area contributed by atoms with E-state index < -0.39 is 0 Å². The second-order valence-electron chi connectivity index (χ2n) is 4.57. The monoisotopic (exact) mass is 219 g/mol. The van der Waals surface area contributed by atoms with Crippen LogP contribution in [0.2, 0.25) is 0 Å². The Bertz CT molecular complexity index is 430. The highest BCUT2D eigenvalue weighted by molar-refractivity contribution is 5.99. The predicted molar refractivity (Wildman–Crippen MR) is 64.5 cm³/mol. The number of amides is 1. The van der Waals surface area contributed by atoms with Gasteiger partial charge in [-0.3, -0.25) is 4.79 Å². The second-order valence-corrected chi connectivity index (χ2v) is 4.57. The number of carbonyl (C=O) groups excluding carboxylic acids is 1. The molecule has 16 heavy (non-hydrogen) atoms. The lowest BCUT2D eigenvalue weighted by Gasteiger charge is -2.23. The third-order valence-corrected chi connectivity index (χ3v) is 3.26. The van der Waals surface area contributed by atoms with Crippen LogP contribution in [0.15, 0.2) is 12.1 Å². The summed E-state index contributed by atoms with van der Waals surface area (Å²) in [4.78, 5) is 16.4. The number of carbonyl (C=O) groups is 1. The van der Waals surface area contributed by atoms with Crippen molar-refractivity contribution in [2.75, 3.05) is 17.2 Å². The van der Waals surface area contributed by atoms with Crippen LogP contribution in [-0.2, 0) is 4.79 Å². The van der Waals surface area contributed by atoms with Gasteiger partial charge in [-0.1, -0.05) is 6.92 Å². The molecular weight excluding hydrogens is 202 g/mol. The molecule has 1 unspecified atom stereocenters. The van der Waals surface area contributed by atoms with Gasteiger partial charge in [0.15, 0.2) is 0 Å². The molecule has 1 aliphatic heterocycles. The molecule has 4 nitrogen and oxygen atoms in total. The zero-order chi connectivity index (χ0) is 11.8. The number of fused-ring (bicyclic) bond motifs is 1. The fourth-order valence-electron chi connectivity index (χ4n) is 1.71. The summed E-state index contributed by atoms with van der Waals surface area (Å²) in [5, 5.41) is 6.17. The predicted octanol–water partition coefficient (Wildman–Crippen LogP) is 2.17. The van der Waals surface area contributed by atoms with Gasteiger partial charge in [0.2, 0.25) is 5.91 Å². The van der Waals surface area contributed by atoms with Crippen LogP contribution in [0.4, 0.5) is 11.5 Å². The standard InChI is InChI=1S/C12H17N3O/c1-4-12(3)7-13-10-9(15-11(12)16)6-5-8(2)14-10/h5-6H,4,7H2,1-3H3,(H,13,14)(H,15,16). The van der Waals surface area contributed by atoms with Gasteiger partial charge in [0, 0.05) is 12.2 Å². The molecule has 1 aliphatic rings. The van der Waals surface area contributed by atoms with Crippen LogP contribution in [0.3, 0.4) is 0 Å². The molecule has 1 aromatic rings. The molecular formula is C12H17N3O. The summed E-state index contributed by atoms with van der Waals surface area (Å²) >= 11 is 0. The Kier molecular flexibility index (Phi) is 2.58. The molecule has 1 atom stereocenters. The highest BCUT2D eigenvalue weighted by Gasteiger charge is 2.34. The third-order valence-electron chi connectivity index (χ3n) is 3.26. The van der Waals surface area contributed by atoms with Crippen LogP contribution in [0, 0.1) is 12.3 Å². The summed E-state index contributed by atoms with van der Waals surface area (Å²) in [6.45, 7) is 6.55. The first kappa shape index (κ1) is 10.9. The van der Waals surface area contributed by atoms with Crippen molar-refractivity contribution < 1.29 is 4.79 Å². The highest BCUT2D eigenvalue weighted by Crippen LogP contribution is 2.30. The van der Waals surface area contributed by atoms with E-state index in [0.717, 1.165) is 23.6 Å². The van der Waals surface area contributed by atoms with E-state index in [1.807, 2.05) is 32.9 Å². The van der Waals surface area contributed by atoms with Gasteiger partial charge in [0.25, 0.3) is 0 Å². The lowest BCUT2D eigenvalue weighted by molar-refractivity contribution is -0.124. The summed E-state index contributed by atoms with van der Waals surface area (Å²) < 4.78 is 0. The van der Waals surface area contributed by atoms with E-state index in [1.54, 1.807) is 0 Å². The molecule has 0 aromatic carbocycles. The Morgan fingerprint density at radius 1 is 1.50 bits per heavy atom. The first-order valence-electron chi connectivity index (χ1n) is 5.58. The van der Waals surface area contributed by atoms with Crippen molar-refractivity contribution in [3.8, 4) is 0 Å². The van der Waals surface area contributed by atoms with Gasteiger partial charge in [-0.25, -0.2) is 4.98 Å². The summed E-state index contributed by atoms with van der Waals surface area (Å²) in [5.41, 5.74) is 1.35. The molecule has 0 aliphatic carbocycles. The smallest absolute Gasteiger partial charge is 0.232 e. The van der Waals surface area contributed by atoms with E-state index in [4.69, 9.17) is 0 Å². The Morgan fingerprint density at radius 2 is 2.25 bits per heavy atom. The minimum Gasteiger partial charge on any atom is -0.367 e. The maximum Gasteiger partial charge on any atom is 0.232 e. The minimum absolute atomic E-state index is 0.0619. The van der Waals surface area contributed by atoms with Gasteiger partial charge < -0.3 is 10.6 Å². The van der Waals surface area contributed by atoms with Gasteiger partial charge in [-0.2, -0.15) is 0 Å². The molecule has 86 valence electrons. The van der Waals surface area contributed by atoms with Crippen molar-refractivity contribution in [1.29, 1.82) is 0 Å². The van der Waals surface area contributed by atoms with E-state index in [2.05, 4.69) is 15.6 Å². The maximum absolute atomic E-state index is 12.0. The fourth-order valence-corrected chi connectivity index (χ4v) is 1.71. The van der Waals surface area contributed by atoms with E-state index in [1.165, 1.54) is 0 Å². The third kappa shape index (κ3) is 1.75. The number of nitrogens with one attached hydrogen (secondary N) is 2. The molecule has 0 saturated carbocycles. The van der Waals surface area contributed by atoms with E-state index >= 15 is 0 Å². The number of nitrogens with zero attached hydrogens (tertiary/aromatic N) is 1. The van der Waals surface area contributed by atoms with Gasteiger partial charge >= 0.3 is 0 Å². The number of hydrogen-bond donors (Lipinski definition) is 2. The van der Waals surface area contributed by atoms with Crippen LogP contribution < -0.4 is 10.6 Å².